The van der Waals surface area contributed by atoms with Gasteiger partial charge in [-0.15, -0.1) is 0 Å². The molecule has 23 heavy (non-hydrogen) atoms. The van der Waals surface area contributed by atoms with Gasteiger partial charge in [0.25, 0.3) is 0 Å². The first-order chi connectivity index (χ1) is 11.1. The number of rotatable bonds is 7. The van der Waals surface area contributed by atoms with Gasteiger partial charge in [-0.2, -0.15) is 0 Å². The van der Waals surface area contributed by atoms with Gasteiger partial charge in [0.2, 0.25) is 0 Å². The van der Waals surface area contributed by atoms with Crippen LogP contribution in [0, 0.1) is 6.92 Å². The van der Waals surface area contributed by atoms with Crippen LogP contribution in [0.2, 0.25) is 5.02 Å². The smallest absolute Gasteiger partial charge is 0.319 e. The second-order valence-corrected chi connectivity index (χ2v) is 6.49. The number of benzene rings is 1. The van der Waals surface area contributed by atoms with Crippen molar-refractivity contribution in [2.24, 2.45) is 0 Å². The van der Waals surface area contributed by atoms with Crippen LogP contribution in [-0.2, 0) is 0 Å². The van der Waals surface area contributed by atoms with Crippen molar-refractivity contribution in [2.45, 2.75) is 38.6 Å². The monoisotopic (exact) mass is 339 g/mol. The fourth-order valence-corrected chi connectivity index (χ4v) is 3.21. The standard InChI is InChI=1S/C17H26ClN3O2/c1-13-6-7-16(15(18)11-13)20-17(23)19-8-2-3-9-21-10-4-5-14(21)12-22/h6-7,11,14,22H,2-5,8-10,12H2,1H3,(H2,19,20,23)/t14-/m0/s1. The largest absolute Gasteiger partial charge is 0.395 e. The minimum atomic E-state index is -0.231. The second-order valence-electron chi connectivity index (χ2n) is 6.09. The Balaban J connectivity index is 1.61. The normalized spacial score (nSPS) is 18.1. The topological polar surface area (TPSA) is 64.6 Å². The Labute approximate surface area is 143 Å². The summed E-state index contributed by atoms with van der Waals surface area (Å²) in [5.74, 6) is 0. The molecule has 3 N–H and O–H groups in total. The van der Waals surface area contributed by atoms with Crippen LogP contribution >= 0.6 is 11.6 Å². The van der Waals surface area contributed by atoms with E-state index in [1.54, 1.807) is 6.07 Å². The maximum Gasteiger partial charge on any atom is 0.319 e. The highest BCUT2D eigenvalue weighted by Crippen LogP contribution is 2.22. The summed E-state index contributed by atoms with van der Waals surface area (Å²) in [6.07, 6.45) is 4.20. The molecular formula is C17H26ClN3O2. The number of carbonyl (C=O) groups excluding carboxylic acids is 1. The van der Waals surface area contributed by atoms with E-state index >= 15 is 0 Å². The molecule has 128 valence electrons. The van der Waals surface area contributed by atoms with E-state index in [1.165, 1.54) is 6.42 Å². The molecule has 2 rings (SSSR count). The minimum absolute atomic E-state index is 0.231. The number of amides is 2. The third-order valence-corrected chi connectivity index (χ3v) is 4.55. The maximum absolute atomic E-state index is 11.8. The van der Waals surface area contributed by atoms with Gasteiger partial charge in [0.15, 0.2) is 0 Å². The highest BCUT2D eigenvalue weighted by molar-refractivity contribution is 6.33. The second kappa shape index (κ2) is 9.11. The van der Waals surface area contributed by atoms with Crippen LogP contribution in [0.4, 0.5) is 10.5 Å². The average Bonchev–Trinajstić information content (AvgIpc) is 2.97. The van der Waals surface area contributed by atoms with Crippen molar-refractivity contribution in [2.75, 3.05) is 31.6 Å². The van der Waals surface area contributed by atoms with E-state index in [0.29, 0.717) is 23.3 Å². The molecule has 1 atom stereocenters. The van der Waals surface area contributed by atoms with Gasteiger partial charge in [0, 0.05) is 12.6 Å². The Morgan fingerprint density at radius 2 is 2.26 bits per heavy atom. The number of carbonyl (C=O) groups is 1. The lowest BCUT2D eigenvalue weighted by Gasteiger charge is -2.22. The van der Waals surface area contributed by atoms with Gasteiger partial charge in [-0.1, -0.05) is 17.7 Å². The van der Waals surface area contributed by atoms with Gasteiger partial charge in [0.05, 0.1) is 17.3 Å². The summed E-state index contributed by atoms with van der Waals surface area (Å²) in [6, 6.07) is 5.64. The Morgan fingerprint density at radius 3 is 3.00 bits per heavy atom. The molecule has 1 heterocycles. The molecule has 0 unspecified atom stereocenters. The molecule has 0 radical (unpaired) electrons. The van der Waals surface area contributed by atoms with E-state index in [0.717, 1.165) is 37.9 Å². The Morgan fingerprint density at radius 1 is 1.43 bits per heavy atom. The SMILES string of the molecule is Cc1ccc(NC(=O)NCCCCN2CCC[C@H]2CO)c(Cl)c1. The van der Waals surface area contributed by atoms with Crippen LogP contribution in [0.5, 0.6) is 0 Å². The van der Waals surface area contributed by atoms with Crippen LogP contribution in [-0.4, -0.2) is 48.3 Å². The number of hydrogen-bond acceptors (Lipinski definition) is 3. The summed E-state index contributed by atoms with van der Waals surface area (Å²) in [4.78, 5) is 14.2. The molecule has 1 aromatic carbocycles. The molecule has 1 aromatic rings. The predicted molar refractivity (Wildman–Crippen MR) is 94.1 cm³/mol. The summed E-state index contributed by atoms with van der Waals surface area (Å²) < 4.78 is 0. The number of nitrogens with one attached hydrogen (secondary N) is 2. The van der Waals surface area contributed by atoms with Gasteiger partial charge in [-0.3, -0.25) is 4.90 Å². The van der Waals surface area contributed by atoms with Crippen molar-refractivity contribution in [3.8, 4) is 0 Å². The number of aryl methyl sites for hydroxylation is 1. The van der Waals surface area contributed by atoms with Crippen LogP contribution in [0.25, 0.3) is 0 Å². The van der Waals surface area contributed by atoms with Crippen LogP contribution < -0.4 is 10.6 Å². The lowest BCUT2D eigenvalue weighted by atomic mass is 10.2. The summed E-state index contributed by atoms with van der Waals surface area (Å²) in [6.45, 7) is 4.89. The van der Waals surface area contributed by atoms with E-state index in [1.807, 2.05) is 19.1 Å². The van der Waals surface area contributed by atoms with Crippen LogP contribution in [0.15, 0.2) is 18.2 Å². The molecule has 0 aromatic heterocycles. The minimum Gasteiger partial charge on any atom is -0.395 e. The molecule has 0 spiro atoms. The van der Waals surface area contributed by atoms with Crippen LogP contribution in [0.1, 0.15) is 31.2 Å². The highest BCUT2D eigenvalue weighted by atomic mass is 35.5. The summed E-state index contributed by atoms with van der Waals surface area (Å²) in [7, 11) is 0. The third kappa shape index (κ3) is 5.68. The Hall–Kier alpha value is -1.30. The molecule has 0 bridgehead atoms. The molecule has 1 aliphatic rings. The number of anilines is 1. The van der Waals surface area contributed by atoms with Crippen molar-refractivity contribution in [1.29, 1.82) is 0 Å². The van der Waals surface area contributed by atoms with E-state index in [-0.39, 0.29) is 12.6 Å². The zero-order valence-electron chi connectivity index (χ0n) is 13.6. The van der Waals surface area contributed by atoms with Crippen molar-refractivity contribution >= 4 is 23.3 Å². The molecule has 0 aliphatic carbocycles. The van der Waals surface area contributed by atoms with E-state index in [4.69, 9.17) is 11.6 Å². The van der Waals surface area contributed by atoms with Gasteiger partial charge < -0.3 is 15.7 Å². The number of likely N-dealkylation sites (tertiary alicyclic amines) is 1. The number of nitrogens with zero attached hydrogens (tertiary/aromatic N) is 1. The first kappa shape index (κ1) is 18.0. The van der Waals surface area contributed by atoms with Crippen molar-refractivity contribution in [3.63, 3.8) is 0 Å². The van der Waals surface area contributed by atoms with Crippen LogP contribution in [0.3, 0.4) is 0 Å². The highest BCUT2D eigenvalue weighted by Gasteiger charge is 2.22. The molecule has 1 saturated heterocycles. The number of urea groups is 1. The molecule has 1 fully saturated rings. The van der Waals surface area contributed by atoms with Gasteiger partial charge >= 0.3 is 6.03 Å². The maximum atomic E-state index is 11.8. The van der Waals surface area contributed by atoms with Crippen molar-refractivity contribution in [1.82, 2.24) is 10.2 Å². The first-order valence-corrected chi connectivity index (χ1v) is 8.64. The van der Waals surface area contributed by atoms with Crippen molar-refractivity contribution < 1.29 is 9.90 Å². The number of halogens is 1. The van der Waals surface area contributed by atoms with Crippen molar-refractivity contribution in [3.05, 3.63) is 28.8 Å². The van der Waals surface area contributed by atoms with E-state index < -0.39 is 0 Å². The first-order valence-electron chi connectivity index (χ1n) is 8.26. The fraction of sp³-hybridized carbons (Fsp3) is 0.588. The molecule has 6 heteroatoms. The zero-order chi connectivity index (χ0) is 16.7. The van der Waals surface area contributed by atoms with E-state index in [9.17, 15) is 9.90 Å². The molecule has 0 saturated carbocycles. The fourth-order valence-electron chi connectivity index (χ4n) is 2.93. The van der Waals surface area contributed by atoms with Gasteiger partial charge in [-0.25, -0.2) is 4.79 Å². The molecular weight excluding hydrogens is 314 g/mol. The number of aliphatic hydroxyl groups is 1. The van der Waals surface area contributed by atoms with E-state index in [2.05, 4.69) is 15.5 Å². The zero-order valence-corrected chi connectivity index (χ0v) is 14.4. The summed E-state index contributed by atoms with van der Waals surface area (Å²) in [5, 5.41) is 15.4. The summed E-state index contributed by atoms with van der Waals surface area (Å²) >= 11 is 6.09. The predicted octanol–water partition coefficient (Wildman–Crippen LogP) is 3.01. The quantitative estimate of drug-likeness (QED) is 0.669. The van der Waals surface area contributed by atoms with Gasteiger partial charge in [-0.05, 0) is 63.4 Å². The summed E-state index contributed by atoms with van der Waals surface area (Å²) in [5.41, 5.74) is 1.68. The lowest BCUT2D eigenvalue weighted by Crippen LogP contribution is -2.34. The average molecular weight is 340 g/mol. The Bertz CT molecular complexity index is 525. The lowest BCUT2D eigenvalue weighted by molar-refractivity contribution is 0.157. The molecule has 1 aliphatic heterocycles. The van der Waals surface area contributed by atoms with Gasteiger partial charge in [0.1, 0.15) is 0 Å². The third-order valence-electron chi connectivity index (χ3n) is 4.24. The molecule has 5 nitrogen and oxygen atoms in total. The molecule has 2 amide bonds. The number of unbranched alkanes of at least 4 members (excludes halogenated alkanes) is 1. The number of aliphatic hydroxyl groups excluding tert-OH is 1. The number of hydrogen-bond donors (Lipinski definition) is 3. The Kier molecular flexibility index (Phi) is 7.15.